The summed E-state index contributed by atoms with van der Waals surface area (Å²) in [5.41, 5.74) is 10.1. The number of likely N-dealkylation sites (tertiary alicyclic amines) is 1. The van der Waals surface area contributed by atoms with Crippen LogP contribution >= 0.6 is 12.4 Å². The number of hydrogen-bond acceptors (Lipinski definition) is 3. The summed E-state index contributed by atoms with van der Waals surface area (Å²) in [6, 6.07) is 4.25. The molecule has 5 heteroatoms. The number of amides is 1. The lowest BCUT2D eigenvalue weighted by Gasteiger charge is -2.42. The highest BCUT2D eigenvalue weighted by atomic mass is 35.5. The van der Waals surface area contributed by atoms with Gasteiger partial charge in [-0.2, -0.15) is 0 Å². The van der Waals surface area contributed by atoms with Crippen LogP contribution in [0.2, 0.25) is 0 Å². The molecule has 1 aliphatic heterocycles. The smallest absolute Gasteiger partial charge is 0.289 e. The van der Waals surface area contributed by atoms with Gasteiger partial charge in [-0.15, -0.1) is 12.4 Å². The number of halogens is 1. The van der Waals surface area contributed by atoms with Crippen molar-refractivity contribution in [3.63, 3.8) is 0 Å². The first kappa shape index (κ1) is 18.8. The van der Waals surface area contributed by atoms with Gasteiger partial charge in [0.2, 0.25) is 0 Å². The average Bonchev–Trinajstić information content (AvgIpc) is 2.84. The van der Waals surface area contributed by atoms with Gasteiger partial charge in [-0.25, -0.2) is 0 Å². The highest BCUT2D eigenvalue weighted by Crippen LogP contribution is 2.33. The van der Waals surface area contributed by atoms with E-state index in [2.05, 4.69) is 26.8 Å². The topological polar surface area (TPSA) is 59.5 Å². The molecule has 3 rings (SSSR count). The lowest BCUT2D eigenvalue weighted by atomic mass is 9.79. The molecule has 0 aliphatic carbocycles. The molecule has 1 aromatic carbocycles. The normalized spacial score (nSPS) is 20.1. The summed E-state index contributed by atoms with van der Waals surface area (Å²) in [5, 5.41) is 1.07. The maximum atomic E-state index is 13.0. The minimum atomic E-state index is -0.0698. The van der Waals surface area contributed by atoms with E-state index in [4.69, 9.17) is 10.2 Å². The summed E-state index contributed by atoms with van der Waals surface area (Å²) in [7, 11) is 0. The molecule has 2 aromatic rings. The van der Waals surface area contributed by atoms with Crippen LogP contribution in [-0.2, 0) is 0 Å². The van der Waals surface area contributed by atoms with Crippen molar-refractivity contribution in [3.05, 3.63) is 34.6 Å². The molecule has 0 radical (unpaired) electrons. The third-order valence-corrected chi connectivity index (χ3v) is 5.28. The molecule has 24 heavy (non-hydrogen) atoms. The van der Waals surface area contributed by atoms with E-state index in [1.807, 2.05) is 24.8 Å². The highest BCUT2D eigenvalue weighted by molar-refractivity contribution is 6.00. The van der Waals surface area contributed by atoms with Gasteiger partial charge in [-0.1, -0.05) is 26.0 Å². The van der Waals surface area contributed by atoms with E-state index in [-0.39, 0.29) is 29.8 Å². The van der Waals surface area contributed by atoms with Crippen molar-refractivity contribution in [1.29, 1.82) is 0 Å². The summed E-state index contributed by atoms with van der Waals surface area (Å²) in [6.07, 6.45) is 0.829. The predicted molar refractivity (Wildman–Crippen MR) is 99.9 cm³/mol. The van der Waals surface area contributed by atoms with E-state index >= 15 is 0 Å². The van der Waals surface area contributed by atoms with Crippen molar-refractivity contribution in [3.8, 4) is 0 Å². The van der Waals surface area contributed by atoms with Gasteiger partial charge in [0.05, 0.1) is 0 Å². The zero-order chi connectivity index (χ0) is 16.9. The molecule has 0 bridgehead atoms. The maximum Gasteiger partial charge on any atom is 0.289 e. The van der Waals surface area contributed by atoms with E-state index in [0.717, 1.165) is 34.1 Å². The van der Waals surface area contributed by atoms with E-state index in [0.29, 0.717) is 18.8 Å². The molecule has 132 valence electrons. The van der Waals surface area contributed by atoms with Gasteiger partial charge in [0.1, 0.15) is 5.58 Å². The summed E-state index contributed by atoms with van der Waals surface area (Å²) in [4.78, 5) is 14.9. The Balaban J connectivity index is 0.00000208. The zero-order valence-corrected chi connectivity index (χ0v) is 15.9. The van der Waals surface area contributed by atoms with Crippen LogP contribution in [0.15, 0.2) is 16.5 Å². The van der Waals surface area contributed by atoms with Crippen LogP contribution in [0.25, 0.3) is 11.0 Å². The Labute approximate surface area is 149 Å². The van der Waals surface area contributed by atoms with Crippen LogP contribution in [0.5, 0.6) is 0 Å². The summed E-state index contributed by atoms with van der Waals surface area (Å²) in [6.45, 7) is 11.7. The minimum Gasteiger partial charge on any atom is -0.450 e. The molecule has 0 saturated carbocycles. The molecule has 1 saturated heterocycles. The second-order valence-corrected chi connectivity index (χ2v) is 7.57. The SMILES string of the molecule is Cc1ccc(C)c2c(C)c(C(=O)N3CCC(N)C(C)(C)C3)oc12.Cl. The summed E-state index contributed by atoms with van der Waals surface area (Å²) in [5.74, 6) is 0.459. The quantitative estimate of drug-likeness (QED) is 0.846. The Morgan fingerprint density at radius 1 is 1.25 bits per heavy atom. The first-order valence-corrected chi connectivity index (χ1v) is 8.26. The first-order valence-electron chi connectivity index (χ1n) is 8.26. The van der Waals surface area contributed by atoms with E-state index in [9.17, 15) is 4.79 Å². The number of carbonyl (C=O) groups excluding carboxylic acids is 1. The Hall–Kier alpha value is -1.52. The first-order chi connectivity index (χ1) is 10.7. The third kappa shape index (κ3) is 2.93. The second kappa shape index (κ2) is 6.41. The standard InChI is InChI=1S/C19H26N2O2.ClH/c1-11-6-7-12(2)16-15(11)13(3)17(23-16)18(22)21-9-8-14(20)19(4,5)10-21;/h6-7,14H,8-10,20H2,1-5H3;1H. The number of rotatable bonds is 1. The number of hydrogen-bond donors (Lipinski definition) is 1. The van der Waals surface area contributed by atoms with Gasteiger partial charge < -0.3 is 15.1 Å². The number of carbonyl (C=O) groups is 1. The fourth-order valence-corrected chi connectivity index (χ4v) is 3.57. The minimum absolute atomic E-state index is 0. The summed E-state index contributed by atoms with van der Waals surface area (Å²) < 4.78 is 6.00. The van der Waals surface area contributed by atoms with Crippen LogP contribution in [0, 0.1) is 26.2 Å². The number of piperidine rings is 1. The van der Waals surface area contributed by atoms with Crippen molar-refractivity contribution in [2.45, 2.75) is 47.1 Å². The van der Waals surface area contributed by atoms with Gasteiger partial charge >= 0.3 is 0 Å². The Kier molecular flexibility index (Phi) is 5.03. The van der Waals surface area contributed by atoms with E-state index in [1.165, 1.54) is 0 Å². The molecule has 2 N–H and O–H groups in total. The monoisotopic (exact) mass is 350 g/mol. The fraction of sp³-hybridized carbons (Fsp3) is 0.526. The van der Waals surface area contributed by atoms with E-state index < -0.39 is 0 Å². The number of nitrogens with two attached hydrogens (primary N) is 1. The number of benzene rings is 1. The number of aryl methyl sites for hydroxylation is 3. The van der Waals surface area contributed by atoms with Crippen molar-refractivity contribution < 1.29 is 9.21 Å². The van der Waals surface area contributed by atoms with Crippen molar-refractivity contribution in [2.75, 3.05) is 13.1 Å². The van der Waals surface area contributed by atoms with Crippen LogP contribution in [-0.4, -0.2) is 29.9 Å². The molecule has 1 fully saturated rings. The Bertz CT molecular complexity index is 779. The molecule has 1 atom stereocenters. The molecular weight excluding hydrogens is 324 g/mol. The molecule has 1 amide bonds. The van der Waals surface area contributed by atoms with Gasteiger partial charge in [-0.05, 0) is 43.7 Å². The van der Waals surface area contributed by atoms with Gasteiger partial charge in [-0.3, -0.25) is 4.79 Å². The average molecular weight is 351 g/mol. The van der Waals surface area contributed by atoms with E-state index in [1.54, 1.807) is 0 Å². The number of furan rings is 1. The molecule has 1 aliphatic rings. The molecule has 4 nitrogen and oxygen atoms in total. The lowest BCUT2D eigenvalue weighted by molar-refractivity contribution is 0.0504. The van der Waals surface area contributed by atoms with Gasteiger partial charge in [0, 0.05) is 30.1 Å². The van der Waals surface area contributed by atoms with Crippen LogP contribution < -0.4 is 5.73 Å². The summed E-state index contributed by atoms with van der Waals surface area (Å²) >= 11 is 0. The predicted octanol–water partition coefficient (Wildman–Crippen LogP) is 3.98. The van der Waals surface area contributed by atoms with Gasteiger partial charge in [0.15, 0.2) is 5.76 Å². The third-order valence-electron chi connectivity index (χ3n) is 5.28. The largest absolute Gasteiger partial charge is 0.450 e. The second-order valence-electron chi connectivity index (χ2n) is 7.57. The van der Waals surface area contributed by atoms with Crippen LogP contribution in [0.1, 0.15) is 47.5 Å². The zero-order valence-electron chi connectivity index (χ0n) is 15.1. The molecule has 1 aromatic heterocycles. The van der Waals surface area contributed by atoms with Crippen molar-refractivity contribution in [2.24, 2.45) is 11.1 Å². The molecule has 0 spiro atoms. The molecular formula is C19H27ClN2O2. The molecule has 2 heterocycles. The van der Waals surface area contributed by atoms with Crippen LogP contribution in [0.4, 0.5) is 0 Å². The van der Waals surface area contributed by atoms with Gasteiger partial charge in [0.25, 0.3) is 5.91 Å². The Morgan fingerprint density at radius 3 is 2.46 bits per heavy atom. The highest BCUT2D eigenvalue weighted by Gasteiger charge is 2.37. The number of nitrogens with zero attached hydrogens (tertiary/aromatic N) is 1. The lowest BCUT2D eigenvalue weighted by Crippen LogP contribution is -2.54. The number of fused-ring (bicyclic) bond motifs is 1. The molecule has 1 unspecified atom stereocenters. The fourth-order valence-electron chi connectivity index (χ4n) is 3.57. The van der Waals surface area contributed by atoms with Crippen molar-refractivity contribution >= 4 is 29.3 Å². The van der Waals surface area contributed by atoms with Crippen LogP contribution in [0.3, 0.4) is 0 Å². The Morgan fingerprint density at radius 2 is 1.88 bits per heavy atom. The maximum absolute atomic E-state index is 13.0. The van der Waals surface area contributed by atoms with Crippen molar-refractivity contribution in [1.82, 2.24) is 4.90 Å².